The van der Waals surface area contributed by atoms with Crippen LogP contribution in [-0.4, -0.2) is 39.2 Å². The summed E-state index contributed by atoms with van der Waals surface area (Å²) in [6.45, 7) is 6.89. The second-order valence-electron chi connectivity index (χ2n) is 8.28. The Hall–Kier alpha value is -4.51. The first-order valence-electron chi connectivity index (χ1n) is 12.2. The van der Waals surface area contributed by atoms with Gasteiger partial charge in [0.2, 0.25) is 0 Å². The number of nitrogens with zero attached hydrogens (tertiary/aromatic N) is 4. The standard InChI is InChI=1S/C28H30N6O4S/c1-4-16-34-26(18-29-21-8-6-5-7-9-21)31-33-28(34)39-20(2)27(35)32-30-17-24-14-15-25(38-24)19-37-23-12-10-22(36-3)11-13-23/h4-15,17,20,29H,1,16,18-19H2,2-3H3,(H,32,35)/b30-17-/t20-/m0/s1. The molecule has 0 aliphatic carbocycles. The van der Waals surface area contributed by atoms with Gasteiger partial charge in [0.05, 0.1) is 25.1 Å². The van der Waals surface area contributed by atoms with Gasteiger partial charge in [0.25, 0.3) is 5.91 Å². The predicted octanol–water partition coefficient (Wildman–Crippen LogP) is 4.89. The highest BCUT2D eigenvalue weighted by Crippen LogP contribution is 2.23. The van der Waals surface area contributed by atoms with Crippen molar-refractivity contribution in [2.24, 2.45) is 5.10 Å². The van der Waals surface area contributed by atoms with E-state index in [1.54, 1.807) is 32.2 Å². The van der Waals surface area contributed by atoms with Gasteiger partial charge >= 0.3 is 0 Å². The number of methoxy groups -OCH3 is 1. The zero-order valence-corrected chi connectivity index (χ0v) is 22.6. The van der Waals surface area contributed by atoms with Crippen LogP contribution < -0.4 is 20.2 Å². The van der Waals surface area contributed by atoms with E-state index in [1.807, 2.05) is 59.2 Å². The number of benzene rings is 2. The minimum atomic E-state index is -0.463. The van der Waals surface area contributed by atoms with Crippen LogP contribution in [0.3, 0.4) is 0 Å². The van der Waals surface area contributed by atoms with Gasteiger partial charge in [-0.2, -0.15) is 5.10 Å². The van der Waals surface area contributed by atoms with Gasteiger partial charge in [0.15, 0.2) is 11.0 Å². The summed E-state index contributed by atoms with van der Waals surface area (Å²) in [6, 6.07) is 20.7. The molecule has 11 heteroatoms. The molecule has 0 radical (unpaired) electrons. The molecule has 0 unspecified atom stereocenters. The van der Waals surface area contributed by atoms with Crippen molar-refractivity contribution in [3.63, 3.8) is 0 Å². The highest BCUT2D eigenvalue weighted by Gasteiger charge is 2.19. The zero-order valence-electron chi connectivity index (χ0n) is 21.7. The summed E-state index contributed by atoms with van der Waals surface area (Å²) in [5, 5.41) is 16.1. The van der Waals surface area contributed by atoms with E-state index in [9.17, 15) is 4.79 Å². The maximum absolute atomic E-state index is 12.6. The fraction of sp³-hybridized carbons (Fsp3) is 0.214. The minimum Gasteiger partial charge on any atom is -0.497 e. The van der Waals surface area contributed by atoms with Gasteiger partial charge in [-0.25, -0.2) is 5.43 Å². The lowest BCUT2D eigenvalue weighted by molar-refractivity contribution is -0.120. The number of ether oxygens (including phenoxy) is 2. The number of hydrogen-bond acceptors (Lipinski definition) is 9. The number of carbonyl (C=O) groups excluding carboxylic acids is 1. The molecule has 2 N–H and O–H groups in total. The second-order valence-corrected chi connectivity index (χ2v) is 9.59. The summed E-state index contributed by atoms with van der Waals surface area (Å²) in [6.07, 6.45) is 3.22. The lowest BCUT2D eigenvalue weighted by Gasteiger charge is -2.12. The van der Waals surface area contributed by atoms with E-state index in [0.717, 1.165) is 17.3 Å². The molecule has 202 valence electrons. The van der Waals surface area contributed by atoms with Gasteiger partial charge in [0.1, 0.15) is 29.6 Å². The quantitative estimate of drug-likeness (QED) is 0.0994. The number of aromatic nitrogens is 3. The Morgan fingerprint density at radius 1 is 1.13 bits per heavy atom. The average Bonchev–Trinajstić information content (AvgIpc) is 3.58. The van der Waals surface area contributed by atoms with Crippen LogP contribution in [0.2, 0.25) is 0 Å². The van der Waals surface area contributed by atoms with E-state index in [-0.39, 0.29) is 12.5 Å². The van der Waals surface area contributed by atoms with Crippen molar-refractivity contribution < 1.29 is 18.7 Å². The lowest BCUT2D eigenvalue weighted by Crippen LogP contribution is -2.27. The number of thioether (sulfide) groups is 1. The SMILES string of the molecule is C=CCn1c(CNc2ccccc2)nnc1S[C@@H](C)C(=O)N/N=C\c1ccc(COc2ccc(OC)cc2)o1. The molecular weight excluding hydrogens is 516 g/mol. The summed E-state index contributed by atoms with van der Waals surface area (Å²) >= 11 is 1.30. The Morgan fingerprint density at radius 2 is 1.90 bits per heavy atom. The number of para-hydroxylation sites is 1. The zero-order chi connectivity index (χ0) is 27.5. The first-order chi connectivity index (χ1) is 19.1. The van der Waals surface area contributed by atoms with Gasteiger partial charge in [0, 0.05) is 12.2 Å². The van der Waals surface area contributed by atoms with Crippen LogP contribution in [0.25, 0.3) is 0 Å². The average molecular weight is 547 g/mol. The topological polar surface area (TPSA) is 116 Å². The van der Waals surface area contributed by atoms with Gasteiger partial charge < -0.3 is 23.8 Å². The molecule has 2 aromatic carbocycles. The Bertz CT molecular complexity index is 1380. The fourth-order valence-electron chi connectivity index (χ4n) is 3.42. The van der Waals surface area contributed by atoms with Crippen LogP contribution >= 0.6 is 11.8 Å². The number of carbonyl (C=O) groups is 1. The molecular formula is C28H30N6O4S. The van der Waals surface area contributed by atoms with Gasteiger partial charge in [-0.05, 0) is 55.5 Å². The molecule has 0 bridgehead atoms. The van der Waals surface area contributed by atoms with E-state index in [1.165, 1.54) is 18.0 Å². The third-order valence-corrected chi connectivity index (χ3v) is 6.55. The van der Waals surface area contributed by atoms with Crippen molar-refractivity contribution in [1.82, 2.24) is 20.2 Å². The number of anilines is 1. The highest BCUT2D eigenvalue weighted by atomic mass is 32.2. The molecule has 1 atom stereocenters. The van der Waals surface area contributed by atoms with Crippen molar-refractivity contribution in [2.45, 2.75) is 37.0 Å². The molecule has 2 aromatic heterocycles. The molecule has 4 rings (SSSR count). The van der Waals surface area contributed by atoms with Crippen molar-refractivity contribution in [3.05, 3.63) is 96.7 Å². The van der Waals surface area contributed by atoms with Crippen LogP contribution in [-0.2, 0) is 24.5 Å². The van der Waals surface area contributed by atoms with E-state index in [0.29, 0.717) is 35.5 Å². The number of allylic oxidation sites excluding steroid dienone is 1. The molecule has 0 aliphatic heterocycles. The number of rotatable bonds is 14. The Labute approximate surface area is 231 Å². The summed E-state index contributed by atoms with van der Waals surface area (Å²) < 4.78 is 18.5. The summed E-state index contributed by atoms with van der Waals surface area (Å²) in [7, 11) is 1.61. The fourth-order valence-corrected chi connectivity index (χ4v) is 4.29. The number of furan rings is 1. The molecule has 0 spiro atoms. The molecule has 0 saturated carbocycles. The van der Waals surface area contributed by atoms with Gasteiger partial charge in [-0.15, -0.1) is 16.8 Å². The van der Waals surface area contributed by atoms with Crippen molar-refractivity contribution in [2.75, 3.05) is 12.4 Å². The predicted molar refractivity (Wildman–Crippen MR) is 151 cm³/mol. The largest absolute Gasteiger partial charge is 0.497 e. The Morgan fingerprint density at radius 3 is 2.64 bits per heavy atom. The van der Waals surface area contributed by atoms with Crippen LogP contribution in [0.5, 0.6) is 11.5 Å². The number of nitrogens with one attached hydrogen (secondary N) is 2. The van der Waals surface area contributed by atoms with Gasteiger partial charge in [-0.1, -0.05) is 36.0 Å². The van der Waals surface area contributed by atoms with Crippen molar-refractivity contribution in [3.8, 4) is 11.5 Å². The van der Waals surface area contributed by atoms with Gasteiger partial charge in [-0.3, -0.25) is 4.79 Å². The molecule has 1 amide bonds. The van der Waals surface area contributed by atoms with Crippen LogP contribution in [0.15, 0.2) is 94.1 Å². The van der Waals surface area contributed by atoms with Crippen molar-refractivity contribution >= 4 is 29.6 Å². The Balaban J connectivity index is 1.26. The van der Waals surface area contributed by atoms with Crippen LogP contribution in [0.1, 0.15) is 24.3 Å². The smallest absolute Gasteiger partial charge is 0.253 e. The monoisotopic (exact) mass is 546 g/mol. The van der Waals surface area contributed by atoms with E-state index in [2.05, 4.69) is 32.6 Å². The first-order valence-corrected chi connectivity index (χ1v) is 13.1. The van der Waals surface area contributed by atoms with E-state index >= 15 is 0 Å². The summed E-state index contributed by atoms with van der Waals surface area (Å²) in [4.78, 5) is 12.6. The number of hydrazone groups is 1. The maximum atomic E-state index is 12.6. The molecule has 4 aromatic rings. The van der Waals surface area contributed by atoms with Crippen molar-refractivity contribution in [1.29, 1.82) is 0 Å². The molecule has 10 nitrogen and oxygen atoms in total. The second kappa shape index (κ2) is 13.9. The summed E-state index contributed by atoms with van der Waals surface area (Å²) in [5.41, 5.74) is 3.54. The third-order valence-electron chi connectivity index (χ3n) is 5.47. The third kappa shape index (κ3) is 7.99. The normalized spacial score (nSPS) is 11.7. The minimum absolute atomic E-state index is 0.258. The maximum Gasteiger partial charge on any atom is 0.253 e. The Kier molecular flexibility index (Phi) is 9.79. The highest BCUT2D eigenvalue weighted by molar-refractivity contribution is 8.00. The lowest BCUT2D eigenvalue weighted by atomic mass is 10.3. The number of hydrogen-bond donors (Lipinski definition) is 2. The first kappa shape index (κ1) is 27.5. The molecule has 39 heavy (non-hydrogen) atoms. The number of amides is 1. The van der Waals surface area contributed by atoms with E-state index < -0.39 is 5.25 Å². The van der Waals surface area contributed by atoms with Crippen LogP contribution in [0.4, 0.5) is 5.69 Å². The molecule has 0 saturated heterocycles. The van der Waals surface area contributed by atoms with E-state index in [4.69, 9.17) is 13.9 Å². The molecule has 0 fully saturated rings. The van der Waals surface area contributed by atoms with Crippen LogP contribution in [0, 0.1) is 0 Å². The molecule has 2 heterocycles. The summed E-state index contributed by atoms with van der Waals surface area (Å²) in [5.74, 6) is 3.05. The molecule has 0 aliphatic rings.